The van der Waals surface area contributed by atoms with Gasteiger partial charge in [0.05, 0.1) is 10.9 Å². The molecule has 28 heavy (non-hydrogen) atoms. The van der Waals surface area contributed by atoms with Crippen molar-refractivity contribution in [3.8, 4) is 22.6 Å². The summed E-state index contributed by atoms with van der Waals surface area (Å²) in [6.07, 6.45) is 3.38. The van der Waals surface area contributed by atoms with Crippen molar-refractivity contribution in [2.24, 2.45) is 0 Å². The minimum Gasteiger partial charge on any atom is -0.460 e. The molecule has 0 saturated heterocycles. The van der Waals surface area contributed by atoms with Crippen molar-refractivity contribution in [1.82, 2.24) is 15.0 Å². The highest BCUT2D eigenvalue weighted by atomic mass is 16.3. The third-order valence-corrected chi connectivity index (χ3v) is 4.63. The molecule has 0 radical (unpaired) electrons. The molecule has 0 aliphatic heterocycles. The van der Waals surface area contributed by atoms with E-state index in [0.717, 1.165) is 27.8 Å². The Balaban J connectivity index is 0.00000192. The van der Waals surface area contributed by atoms with Gasteiger partial charge >= 0.3 is 0 Å². The number of nitrogens with zero attached hydrogens (tertiary/aromatic N) is 2. The van der Waals surface area contributed by atoms with E-state index in [4.69, 9.17) is 9.40 Å². The topological polar surface area (TPSA) is 71.8 Å². The summed E-state index contributed by atoms with van der Waals surface area (Å²) >= 11 is 0. The van der Waals surface area contributed by atoms with Crippen LogP contribution in [0.15, 0.2) is 76.2 Å². The molecular formula is C23H19N3O2. The maximum absolute atomic E-state index is 12.3. The molecule has 138 valence electrons. The predicted octanol–water partition coefficient (Wildman–Crippen LogP) is 5.34. The molecule has 5 nitrogen and oxygen atoms in total. The van der Waals surface area contributed by atoms with Crippen molar-refractivity contribution in [3.63, 3.8) is 0 Å². The fourth-order valence-electron chi connectivity index (χ4n) is 3.31. The lowest BCUT2D eigenvalue weighted by molar-refractivity contribution is 0.547. The summed E-state index contributed by atoms with van der Waals surface area (Å²) in [5.74, 6) is 1.47. The number of pyridine rings is 3. The van der Waals surface area contributed by atoms with Crippen LogP contribution in [0.5, 0.6) is 0 Å². The molecular weight excluding hydrogens is 350 g/mol. The number of hydrogen-bond donors (Lipinski definition) is 1. The van der Waals surface area contributed by atoms with Gasteiger partial charge in [-0.05, 0) is 48.9 Å². The molecule has 0 aliphatic carbocycles. The largest absolute Gasteiger partial charge is 0.460 e. The van der Waals surface area contributed by atoms with E-state index < -0.39 is 0 Å². The number of nitrogens with one attached hydrogen (secondary N) is 1. The minimum absolute atomic E-state index is 0. The van der Waals surface area contributed by atoms with Gasteiger partial charge in [0.25, 0.3) is 0 Å². The quantitative estimate of drug-likeness (QED) is 0.456. The van der Waals surface area contributed by atoms with Gasteiger partial charge in [0.2, 0.25) is 0 Å². The van der Waals surface area contributed by atoms with Crippen LogP contribution in [0.3, 0.4) is 0 Å². The Kier molecular flexibility index (Phi) is 4.28. The van der Waals surface area contributed by atoms with E-state index in [1.807, 2.05) is 49.4 Å². The number of benzene rings is 1. The number of fused-ring (bicyclic) bond motifs is 2. The Morgan fingerprint density at radius 1 is 1.04 bits per heavy atom. The zero-order valence-electron chi connectivity index (χ0n) is 14.6. The normalized spacial score (nSPS) is 10.9. The molecule has 0 saturated carbocycles. The van der Waals surface area contributed by atoms with Crippen molar-refractivity contribution in [3.05, 3.63) is 83.0 Å². The SMILES string of the molecule is C.Cc1ccc(-c2nc3[nH]ccc(=O)c3cc2-c2ccc3ncccc3c2)o1. The summed E-state index contributed by atoms with van der Waals surface area (Å²) in [7, 11) is 0. The van der Waals surface area contributed by atoms with Crippen molar-refractivity contribution in [2.45, 2.75) is 14.4 Å². The summed E-state index contributed by atoms with van der Waals surface area (Å²) < 4.78 is 5.83. The van der Waals surface area contributed by atoms with Gasteiger partial charge in [-0.25, -0.2) is 4.98 Å². The molecule has 4 heterocycles. The lowest BCUT2D eigenvalue weighted by atomic mass is 9.99. The monoisotopic (exact) mass is 369 g/mol. The number of hydrogen-bond acceptors (Lipinski definition) is 4. The first-order valence-electron chi connectivity index (χ1n) is 8.63. The van der Waals surface area contributed by atoms with Gasteiger partial charge in [-0.15, -0.1) is 0 Å². The van der Waals surface area contributed by atoms with Gasteiger partial charge in [0, 0.05) is 29.4 Å². The second kappa shape index (κ2) is 6.78. The Hall–Kier alpha value is -3.73. The Morgan fingerprint density at radius 3 is 2.75 bits per heavy atom. The highest BCUT2D eigenvalue weighted by Crippen LogP contribution is 2.34. The third kappa shape index (κ3) is 2.87. The van der Waals surface area contributed by atoms with Gasteiger partial charge in [0.1, 0.15) is 17.1 Å². The standard InChI is InChI=1S/C22H15N3O2.CH4/c1-13-4-7-20(27-13)21-16(12-17-19(26)8-10-24-22(17)25-21)14-5-6-18-15(11-14)3-2-9-23-18;/h2-12H,1H3,(H,24,25,26);1H4. The van der Waals surface area contributed by atoms with Crippen LogP contribution >= 0.6 is 0 Å². The van der Waals surface area contributed by atoms with Crippen molar-refractivity contribution < 1.29 is 4.42 Å². The zero-order valence-corrected chi connectivity index (χ0v) is 14.6. The zero-order chi connectivity index (χ0) is 18.4. The van der Waals surface area contributed by atoms with Gasteiger partial charge in [-0.2, -0.15) is 0 Å². The van der Waals surface area contributed by atoms with Crippen LogP contribution in [0.25, 0.3) is 44.5 Å². The van der Waals surface area contributed by atoms with E-state index in [9.17, 15) is 4.79 Å². The van der Waals surface area contributed by atoms with Crippen molar-refractivity contribution >= 4 is 21.9 Å². The average Bonchev–Trinajstić information content (AvgIpc) is 3.13. The molecule has 1 aromatic carbocycles. The van der Waals surface area contributed by atoms with Gasteiger partial charge < -0.3 is 9.40 Å². The molecule has 0 spiro atoms. The summed E-state index contributed by atoms with van der Waals surface area (Å²) in [5.41, 5.74) is 3.89. The molecule has 4 aromatic heterocycles. The second-order valence-corrected chi connectivity index (χ2v) is 6.44. The lowest BCUT2D eigenvalue weighted by Crippen LogP contribution is -2.03. The molecule has 1 N–H and O–H groups in total. The number of furan rings is 1. The molecule has 5 rings (SSSR count). The lowest BCUT2D eigenvalue weighted by Gasteiger charge is -2.10. The van der Waals surface area contributed by atoms with Crippen LogP contribution in [0.4, 0.5) is 0 Å². The van der Waals surface area contributed by atoms with Crippen molar-refractivity contribution in [1.29, 1.82) is 0 Å². The van der Waals surface area contributed by atoms with Gasteiger partial charge in [-0.1, -0.05) is 19.6 Å². The molecule has 0 fully saturated rings. The van der Waals surface area contributed by atoms with Gasteiger partial charge in [0.15, 0.2) is 11.2 Å². The van der Waals surface area contributed by atoms with Crippen LogP contribution in [0, 0.1) is 6.92 Å². The molecule has 5 heteroatoms. The smallest absolute Gasteiger partial charge is 0.191 e. The van der Waals surface area contributed by atoms with E-state index >= 15 is 0 Å². The second-order valence-electron chi connectivity index (χ2n) is 6.44. The molecule has 0 unspecified atom stereocenters. The Morgan fingerprint density at radius 2 is 1.93 bits per heavy atom. The predicted molar refractivity (Wildman–Crippen MR) is 112 cm³/mol. The number of H-pyrrole nitrogens is 1. The number of aromatic amines is 1. The number of rotatable bonds is 2. The number of aromatic nitrogens is 3. The third-order valence-electron chi connectivity index (χ3n) is 4.63. The molecule has 0 bridgehead atoms. The number of aryl methyl sites for hydroxylation is 1. The average molecular weight is 369 g/mol. The first kappa shape index (κ1) is 17.7. The fraction of sp³-hybridized carbons (Fsp3) is 0.0870. The molecule has 5 aromatic rings. The van der Waals surface area contributed by atoms with E-state index in [0.29, 0.717) is 22.5 Å². The Bertz CT molecular complexity index is 1370. The Labute approximate surface area is 161 Å². The van der Waals surface area contributed by atoms with E-state index in [-0.39, 0.29) is 12.9 Å². The minimum atomic E-state index is -0.0675. The van der Waals surface area contributed by atoms with E-state index in [1.165, 1.54) is 6.07 Å². The van der Waals surface area contributed by atoms with E-state index in [2.05, 4.69) is 16.0 Å². The van der Waals surface area contributed by atoms with Crippen molar-refractivity contribution in [2.75, 3.05) is 0 Å². The maximum atomic E-state index is 12.3. The van der Waals surface area contributed by atoms with Gasteiger partial charge in [-0.3, -0.25) is 9.78 Å². The molecule has 0 amide bonds. The first-order valence-corrected chi connectivity index (χ1v) is 8.63. The maximum Gasteiger partial charge on any atom is 0.191 e. The highest BCUT2D eigenvalue weighted by molar-refractivity contribution is 5.92. The summed E-state index contributed by atoms with van der Waals surface area (Å²) in [4.78, 5) is 24.5. The highest BCUT2D eigenvalue weighted by Gasteiger charge is 2.16. The van der Waals surface area contributed by atoms with Crippen LogP contribution in [0.1, 0.15) is 13.2 Å². The van der Waals surface area contributed by atoms with Crippen LogP contribution in [-0.4, -0.2) is 15.0 Å². The van der Waals surface area contributed by atoms with E-state index in [1.54, 1.807) is 12.4 Å². The summed E-state index contributed by atoms with van der Waals surface area (Å²) in [6.45, 7) is 1.90. The van der Waals surface area contributed by atoms with Crippen LogP contribution < -0.4 is 5.43 Å². The molecule has 0 aliphatic rings. The summed E-state index contributed by atoms with van der Waals surface area (Å²) in [5, 5.41) is 1.57. The van der Waals surface area contributed by atoms with Crippen LogP contribution in [0.2, 0.25) is 0 Å². The first-order chi connectivity index (χ1) is 13.2. The van der Waals surface area contributed by atoms with Crippen LogP contribution in [-0.2, 0) is 0 Å². The summed E-state index contributed by atoms with van der Waals surface area (Å²) in [6, 6.07) is 17.1. The molecule has 0 atom stereocenters. The fourth-order valence-corrected chi connectivity index (χ4v) is 3.31.